The van der Waals surface area contributed by atoms with Crippen LogP contribution in [-0.2, 0) is 0 Å². The Bertz CT molecular complexity index is 896. The summed E-state index contributed by atoms with van der Waals surface area (Å²) >= 11 is 0. The van der Waals surface area contributed by atoms with E-state index in [1.807, 2.05) is 73.7 Å². The Hall–Kier alpha value is -3.47. The van der Waals surface area contributed by atoms with Crippen LogP contribution in [0.1, 0.15) is 21.6 Å². The lowest BCUT2D eigenvalue weighted by Crippen LogP contribution is -2.18. The number of carbonyl (C=O) groups excluding carboxylic acids is 1. The summed E-state index contributed by atoms with van der Waals surface area (Å²) in [6, 6.07) is 19.6. The standard InChI is InChI=1S/C20H18N4O/c1-15-18(17-12-6-3-7-13-17)22-23-19(15)20(25)24-21-14-8-11-16-9-4-2-5-10-16/h2-14H,1H3,(H,22,23)(H,24,25). The molecule has 0 fully saturated rings. The molecule has 2 aromatic carbocycles. The fourth-order valence-electron chi connectivity index (χ4n) is 2.41. The van der Waals surface area contributed by atoms with Crippen LogP contribution in [0.25, 0.3) is 17.3 Å². The Morgan fingerprint density at radius 1 is 1.08 bits per heavy atom. The second-order valence-corrected chi connectivity index (χ2v) is 5.43. The number of hydrogen-bond acceptors (Lipinski definition) is 3. The fraction of sp³-hybridized carbons (Fsp3) is 0.0500. The van der Waals surface area contributed by atoms with Crippen molar-refractivity contribution in [3.8, 4) is 11.3 Å². The molecule has 0 radical (unpaired) electrons. The molecule has 0 aliphatic carbocycles. The van der Waals surface area contributed by atoms with E-state index >= 15 is 0 Å². The molecule has 2 N–H and O–H groups in total. The molecule has 124 valence electrons. The van der Waals surface area contributed by atoms with Crippen molar-refractivity contribution < 1.29 is 4.79 Å². The number of aromatic nitrogens is 2. The van der Waals surface area contributed by atoms with Gasteiger partial charge < -0.3 is 0 Å². The van der Waals surface area contributed by atoms with Crippen LogP contribution in [0.4, 0.5) is 0 Å². The summed E-state index contributed by atoms with van der Waals surface area (Å²) in [7, 11) is 0. The van der Waals surface area contributed by atoms with Gasteiger partial charge in [-0.1, -0.05) is 66.7 Å². The van der Waals surface area contributed by atoms with Crippen LogP contribution in [0.15, 0.2) is 71.8 Å². The van der Waals surface area contributed by atoms with Crippen molar-refractivity contribution in [3.05, 3.63) is 83.6 Å². The maximum absolute atomic E-state index is 12.2. The van der Waals surface area contributed by atoms with Crippen LogP contribution < -0.4 is 5.43 Å². The van der Waals surface area contributed by atoms with E-state index in [1.165, 1.54) is 6.21 Å². The lowest BCUT2D eigenvalue weighted by Gasteiger charge is -1.99. The third-order valence-corrected chi connectivity index (χ3v) is 3.70. The first-order valence-corrected chi connectivity index (χ1v) is 7.91. The zero-order chi connectivity index (χ0) is 17.5. The van der Waals surface area contributed by atoms with Gasteiger partial charge in [0.25, 0.3) is 5.91 Å². The van der Waals surface area contributed by atoms with Gasteiger partial charge in [0, 0.05) is 17.3 Å². The van der Waals surface area contributed by atoms with Gasteiger partial charge in [0.2, 0.25) is 0 Å². The van der Waals surface area contributed by atoms with Crippen LogP contribution in [0.3, 0.4) is 0 Å². The highest BCUT2D eigenvalue weighted by Crippen LogP contribution is 2.22. The molecule has 1 heterocycles. The Balaban J connectivity index is 1.63. The number of benzene rings is 2. The maximum Gasteiger partial charge on any atom is 0.289 e. The van der Waals surface area contributed by atoms with Crippen molar-refractivity contribution >= 4 is 18.2 Å². The van der Waals surface area contributed by atoms with E-state index < -0.39 is 0 Å². The Morgan fingerprint density at radius 3 is 2.48 bits per heavy atom. The minimum Gasteiger partial charge on any atom is -0.272 e. The molecule has 1 aromatic heterocycles. The lowest BCUT2D eigenvalue weighted by atomic mass is 10.1. The van der Waals surface area contributed by atoms with Crippen LogP contribution in [0.5, 0.6) is 0 Å². The van der Waals surface area contributed by atoms with E-state index in [2.05, 4.69) is 20.7 Å². The zero-order valence-electron chi connectivity index (χ0n) is 13.8. The molecule has 3 rings (SSSR count). The van der Waals surface area contributed by atoms with Crippen molar-refractivity contribution in [2.75, 3.05) is 0 Å². The van der Waals surface area contributed by atoms with Gasteiger partial charge >= 0.3 is 0 Å². The molecule has 3 aromatic rings. The first-order valence-electron chi connectivity index (χ1n) is 7.91. The van der Waals surface area contributed by atoms with Crippen molar-refractivity contribution in [2.24, 2.45) is 5.10 Å². The number of aromatic amines is 1. The monoisotopic (exact) mass is 330 g/mol. The number of hydrogen-bond donors (Lipinski definition) is 2. The molecule has 1 amide bonds. The number of H-pyrrole nitrogens is 1. The summed E-state index contributed by atoms with van der Waals surface area (Å²) in [5.41, 5.74) is 6.49. The minimum absolute atomic E-state index is 0.323. The molecule has 5 heteroatoms. The molecule has 0 saturated carbocycles. The van der Waals surface area contributed by atoms with Gasteiger partial charge in [-0.3, -0.25) is 9.89 Å². The van der Waals surface area contributed by atoms with Gasteiger partial charge in [0.15, 0.2) is 0 Å². The lowest BCUT2D eigenvalue weighted by molar-refractivity contribution is 0.0949. The van der Waals surface area contributed by atoms with E-state index in [0.717, 1.165) is 22.4 Å². The molecule has 0 atom stereocenters. The van der Waals surface area contributed by atoms with Gasteiger partial charge in [-0.25, -0.2) is 5.43 Å². The van der Waals surface area contributed by atoms with Crippen molar-refractivity contribution in [2.45, 2.75) is 6.92 Å². The van der Waals surface area contributed by atoms with E-state index in [0.29, 0.717) is 5.69 Å². The third-order valence-electron chi connectivity index (χ3n) is 3.70. The molecule has 5 nitrogen and oxygen atoms in total. The SMILES string of the molecule is Cc1c(-c2ccccc2)n[nH]c1C(=O)NN=CC=Cc1ccccc1. The second-order valence-electron chi connectivity index (χ2n) is 5.43. The Kier molecular flexibility index (Phi) is 5.16. The first-order chi connectivity index (χ1) is 12.3. The largest absolute Gasteiger partial charge is 0.289 e. The number of carbonyl (C=O) groups is 1. The number of hydrazone groups is 1. The van der Waals surface area contributed by atoms with Crippen molar-refractivity contribution in [1.29, 1.82) is 0 Å². The number of amides is 1. The van der Waals surface area contributed by atoms with Crippen molar-refractivity contribution in [3.63, 3.8) is 0 Å². The second kappa shape index (κ2) is 7.88. The summed E-state index contributed by atoms with van der Waals surface area (Å²) in [6.07, 6.45) is 5.21. The molecule has 0 bridgehead atoms. The number of rotatable bonds is 5. The van der Waals surface area contributed by atoms with Gasteiger partial charge in [0.1, 0.15) is 5.69 Å². The van der Waals surface area contributed by atoms with Crippen molar-refractivity contribution in [1.82, 2.24) is 15.6 Å². The average Bonchev–Trinajstić information content (AvgIpc) is 3.04. The Morgan fingerprint density at radius 2 is 1.76 bits per heavy atom. The molecule has 0 unspecified atom stereocenters. The molecular weight excluding hydrogens is 312 g/mol. The molecule has 0 spiro atoms. The van der Waals surface area contributed by atoms with Gasteiger partial charge in [-0.2, -0.15) is 10.2 Å². The van der Waals surface area contributed by atoms with E-state index in [9.17, 15) is 4.79 Å². The van der Waals surface area contributed by atoms with Crippen LogP contribution in [0.2, 0.25) is 0 Å². The van der Waals surface area contributed by atoms with Crippen LogP contribution in [-0.4, -0.2) is 22.3 Å². The summed E-state index contributed by atoms with van der Waals surface area (Å²) in [5, 5.41) is 11.0. The predicted molar refractivity (Wildman–Crippen MR) is 100 cm³/mol. The maximum atomic E-state index is 12.2. The van der Waals surface area contributed by atoms with E-state index in [4.69, 9.17) is 0 Å². The summed E-state index contributed by atoms with van der Waals surface area (Å²) in [6.45, 7) is 1.86. The summed E-state index contributed by atoms with van der Waals surface area (Å²) in [4.78, 5) is 12.2. The number of nitrogens with zero attached hydrogens (tertiary/aromatic N) is 2. The van der Waals surface area contributed by atoms with Gasteiger partial charge in [-0.15, -0.1) is 0 Å². The third kappa shape index (κ3) is 4.09. The Labute approximate surface area is 146 Å². The van der Waals surface area contributed by atoms with E-state index in [-0.39, 0.29) is 5.91 Å². The fourth-order valence-corrected chi connectivity index (χ4v) is 2.41. The predicted octanol–water partition coefficient (Wildman–Crippen LogP) is 3.81. The first kappa shape index (κ1) is 16.4. The van der Waals surface area contributed by atoms with Gasteiger partial charge in [0.05, 0.1) is 5.69 Å². The summed E-state index contributed by atoms with van der Waals surface area (Å²) < 4.78 is 0. The smallest absolute Gasteiger partial charge is 0.272 e. The van der Waals surface area contributed by atoms with E-state index in [1.54, 1.807) is 6.08 Å². The van der Waals surface area contributed by atoms with Crippen LogP contribution >= 0.6 is 0 Å². The van der Waals surface area contributed by atoms with Gasteiger partial charge in [-0.05, 0) is 18.6 Å². The highest BCUT2D eigenvalue weighted by molar-refractivity contribution is 5.95. The minimum atomic E-state index is -0.323. The molecule has 0 saturated heterocycles. The van der Waals surface area contributed by atoms with Crippen LogP contribution in [0, 0.1) is 6.92 Å². The summed E-state index contributed by atoms with van der Waals surface area (Å²) in [5.74, 6) is -0.323. The highest BCUT2D eigenvalue weighted by Gasteiger charge is 2.16. The topological polar surface area (TPSA) is 70.1 Å². The quantitative estimate of drug-likeness (QED) is 0.551. The zero-order valence-corrected chi connectivity index (χ0v) is 13.8. The molecular formula is C20H18N4O. The molecule has 0 aliphatic heterocycles. The molecule has 0 aliphatic rings. The molecule has 25 heavy (non-hydrogen) atoms. The normalized spacial score (nSPS) is 11.2. The average molecular weight is 330 g/mol. The number of allylic oxidation sites excluding steroid dienone is 1. The highest BCUT2D eigenvalue weighted by atomic mass is 16.2. The number of nitrogens with one attached hydrogen (secondary N) is 2.